The molecule has 0 saturated carbocycles. The van der Waals surface area contributed by atoms with Crippen LogP contribution in [-0.2, 0) is 4.79 Å². The molecule has 0 spiro atoms. The van der Waals surface area contributed by atoms with Crippen LogP contribution in [0.25, 0.3) is 0 Å². The van der Waals surface area contributed by atoms with Crippen LogP contribution in [0.5, 0.6) is 0 Å². The predicted molar refractivity (Wildman–Crippen MR) is 118 cm³/mol. The molecule has 0 rings (SSSR count). The highest BCUT2D eigenvalue weighted by Crippen LogP contribution is 2.12. The first-order valence-electron chi connectivity index (χ1n) is 11.0. The first kappa shape index (κ1) is 24.6. The lowest BCUT2D eigenvalue weighted by atomic mass is 10.0. The molecule has 26 heavy (non-hydrogen) atoms. The van der Waals surface area contributed by atoms with E-state index in [4.69, 9.17) is 0 Å². The van der Waals surface area contributed by atoms with Gasteiger partial charge in [-0.3, -0.25) is 4.79 Å². The van der Waals surface area contributed by atoms with Crippen LogP contribution in [0, 0.1) is 0 Å². The fraction of sp³-hybridized carbons (Fsp3) is 0.640. The Balaban J connectivity index is 3.29. The second kappa shape index (κ2) is 21.7. The Bertz CT molecular complexity index is 412. The molecule has 0 aliphatic heterocycles. The number of rotatable bonds is 18. The van der Waals surface area contributed by atoms with Crippen molar-refractivity contribution >= 4 is 5.78 Å². The molecular weight excluding hydrogens is 316 g/mol. The van der Waals surface area contributed by atoms with Crippen LogP contribution < -0.4 is 0 Å². The van der Waals surface area contributed by atoms with Crippen molar-refractivity contribution in [1.29, 1.82) is 0 Å². The minimum absolute atomic E-state index is 0.0353. The van der Waals surface area contributed by atoms with E-state index in [1.54, 1.807) is 24.3 Å². The summed E-state index contributed by atoms with van der Waals surface area (Å²) in [5, 5.41) is 0. The van der Waals surface area contributed by atoms with Crippen LogP contribution in [0.4, 0.5) is 0 Å². The highest BCUT2D eigenvalue weighted by Gasteiger charge is 1.93. The van der Waals surface area contributed by atoms with E-state index in [-0.39, 0.29) is 5.78 Å². The minimum atomic E-state index is 0.0353. The van der Waals surface area contributed by atoms with E-state index in [0.29, 0.717) is 0 Å². The van der Waals surface area contributed by atoms with Gasteiger partial charge < -0.3 is 0 Å². The SMILES string of the molecule is C/C=C/C(=O)/C=C/C=C/C=C/CCCCCCCCCCCCCCC. The predicted octanol–water partition coefficient (Wildman–Crippen LogP) is 8.28. The summed E-state index contributed by atoms with van der Waals surface area (Å²) in [6.45, 7) is 4.13. The largest absolute Gasteiger partial charge is 0.290 e. The third-order valence-electron chi connectivity index (χ3n) is 4.54. The zero-order valence-corrected chi connectivity index (χ0v) is 17.4. The Morgan fingerprint density at radius 3 is 1.65 bits per heavy atom. The molecule has 0 amide bonds. The van der Waals surface area contributed by atoms with Gasteiger partial charge in [0.05, 0.1) is 0 Å². The smallest absolute Gasteiger partial charge is 0.178 e. The first-order valence-corrected chi connectivity index (χ1v) is 11.0. The molecule has 0 bridgehead atoms. The third kappa shape index (κ3) is 20.7. The number of allylic oxidation sites excluding steroid dienone is 8. The van der Waals surface area contributed by atoms with E-state index in [1.165, 1.54) is 83.5 Å². The van der Waals surface area contributed by atoms with Crippen LogP contribution in [-0.4, -0.2) is 5.78 Å². The van der Waals surface area contributed by atoms with Crippen molar-refractivity contribution in [1.82, 2.24) is 0 Å². The van der Waals surface area contributed by atoms with Gasteiger partial charge in [0, 0.05) is 0 Å². The zero-order valence-electron chi connectivity index (χ0n) is 17.4. The second-order valence-electron chi connectivity index (χ2n) is 7.11. The average molecular weight is 359 g/mol. The number of unbranched alkanes of at least 4 members (excludes halogenated alkanes) is 13. The maximum atomic E-state index is 11.2. The average Bonchev–Trinajstić information content (AvgIpc) is 2.64. The van der Waals surface area contributed by atoms with Gasteiger partial charge in [0.1, 0.15) is 0 Å². The second-order valence-corrected chi connectivity index (χ2v) is 7.11. The van der Waals surface area contributed by atoms with Gasteiger partial charge in [0.2, 0.25) is 0 Å². The van der Waals surface area contributed by atoms with Crippen LogP contribution in [0.1, 0.15) is 104 Å². The van der Waals surface area contributed by atoms with Crippen LogP contribution in [0.15, 0.2) is 48.6 Å². The lowest BCUT2D eigenvalue weighted by Gasteiger charge is -2.02. The molecule has 0 aromatic carbocycles. The molecule has 0 heterocycles. The molecular formula is C25H42O. The van der Waals surface area contributed by atoms with Gasteiger partial charge in [0.15, 0.2) is 5.78 Å². The maximum absolute atomic E-state index is 11.2. The Kier molecular flexibility index (Phi) is 20.5. The van der Waals surface area contributed by atoms with Crippen molar-refractivity contribution in [3.8, 4) is 0 Å². The summed E-state index contributed by atoms with van der Waals surface area (Å²) in [7, 11) is 0. The number of hydrogen-bond donors (Lipinski definition) is 0. The van der Waals surface area contributed by atoms with Crippen molar-refractivity contribution in [2.24, 2.45) is 0 Å². The summed E-state index contributed by atoms with van der Waals surface area (Å²) in [5.74, 6) is 0.0353. The molecule has 148 valence electrons. The van der Waals surface area contributed by atoms with Crippen molar-refractivity contribution in [2.75, 3.05) is 0 Å². The molecule has 0 saturated heterocycles. The van der Waals surface area contributed by atoms with Gasteiger partial charge in [0.25, 0.3) is 0 Å². The quantitative estimate of drug-likeness (QED) is 0.137. The molecule has 0 radical (unpaired) electrons. The zero-order chi connectivity index (χ0) is 19.1. The Labute approximate surface area is 163 Å². The fourth-order valence-corrected chi connectivity index (χ4v) is 2.95. The van der Waals surface area contributed by atoms with E-state index < -0.39 is 0 Å². The van der Waals surface area contributed by atoms with E-state index >= 15 is 0 Å². The summed E-state index contributed by atoms with van der Waals surface area (Å²) in [5.41, 5.74) is 0. The molecule has 0 aliphatic carbocycles. The Morgan fingerprint density at radius 2 is 1.12 bits per heavy atom. The van der Waals surface area contributed by atoms with Crippen LogP contribution in [0.2, 0.25) is 0 Å². The molecule has 0 aromatic rings. The maximum Gasteiger partial charge on any atom is 0.178 e. The minimum Gasteiger partial charge on any atom is -0.290 e. The van der Waals surface area contributed by atoms with Crippen molar-refractivity contribution in [3.05, 3.63) is 48.6 Å². The highest BCUT2D eigenvalue weighted by molar-refractivity contribution is 5.99. The number of carbonyl (C=O) groups is 1. The van der Waals surface area contributed by atoms with Gasteiger partial charge in [-0.1, -0.05) is 120 Å². The van der Waals surface area contributed by atoms with Gasteiger partial charge in [-0.15, -0.1) is 0 Å². The van der Waals surface area contributed by atoms with Crippen LogP contribution >= 0.6 is 0 Å². The lowest BCUT2D eigenvalue weighted by molar-refractivity contribution is -0.110. The van der Waals surface area contributed by atoms with E-state index in [9.17, 15) is 4.79 Å². The normalized spacial score (nSPS) is 12.4. The van der Waals surface area contributed by atoms with Crippen molar-refractivity contribution < 1.29 is 4.79 Å². The summed E-state index contributed by atoms with van der Waals surface area (Å²) >= 11 is 0. The van der Waals surface area contributed by atoms with Crippen molar-refractivity contribution in [3.63, 3.8) is 0 Å². The molecule has 0 aromatic heterocycles. The number of hydrogen-bond acceptors (Lipinski definition) is 1. The summed E-state index contributed by atoms with van der Waals surface area (Å²) in [6, 6.07) is 0. The molecule has 0 aliphatic rings. The van der Waals surface area contributed by atoms with E-state index in [0.717, 1.165) is 6.42 Å². The number of carbonyl (C=O) groups excluding carboxylic acids is 1. The number of ketones is 1. The van der Waals surface area contributed by atoms with Gasteiger partial charge in [-0.05, 0) is 31.9 Å². The monoisotopic (exact) mass is 358 g/mol. The fourth-order valence-electron chi connectivity index (χ4n) is 2.95. The summed E-state index contributed by atoms with van der Waals surface area (Å²) in [6.07, 6.45) is 34.3. The third-order valence-corrected chi connectivity index (χ3v) is 4.54. The highest BCUT2D eigenvalue weighted by atomic mass is 16.1. The first-order chi connectivity index (χ1) is 12.8. The molecule has 0 atom stereocenters. The standard InChI is InChI=1S/C25H42O/c1-3-5-6-7-8-9-10-11-12-13-14-15-16-17-18-19-20-21-22-24-25(26)23-4-2/h4,18-24H,3,5-17H2,1-2H3/b19-18+,21-20+,23-4+,24-22+. The molecule has 0 fully saturated rings. The van der Waals surface area contributed by atoms with Gasteiger partial charge in [-0.2, -0.15) is 0 Å². The molecule has 0 N–H and O–H groups in total. The van der Waals surface area contributed by atoms with Crippen molar-refractivity contribution in [2.45, 2.75) is 104 Å². The summed E-state index contributed by atoms with van der Waals surface area (Å²) in [4.78, 5) is 11.2. The lowest BCUT2D eigenvalue weighted by Crippen LogP contribution is -1.82. The van der Waals surface area contributed by atoms with Gasteiger partial charge >= 0.3 is 0 Å². The Morgan fingerprint density at radius 1 is 0.615 bits per heavy atom. The summed E-state index contributed by atoms with van der Waals surface area (Å²) < 4.78 is 0. The molecule has 1 nitrogen and oxygen atoms in total. The molecule has 0 unspecified atom stereocenters. The van der Waals surface area contributed by atoms with E-state index in [1.807, 2.05) is 19.1 Å². The van der Waals surface area contributed by atoms with E-state index in [2.05, 4.69) is 19.1 Å². The van der Waals surface area contributed by atoms with Crippen LogP contribution in [0.3, 0.4) is 0 Å². The van der Waals surface area contributed by atoms with Gasteiger partial charge in [-0.25, -0.2) is 0 Å². The Hall–Kier alpha value is -1.37. The topological polar surface area (TPSA) is 17.1 Å². The molecule has 1 heteroatoms.